The lowest BCUT2D eigenvalue weighted by Gasteiger charge is -2.04. The molecule has 0 saturated heterocycles. The molecule has 0 aromatic rings. The number of hydrogen-bond acceptors (Lipinski definition) is 3. The molecule has 0 bridgehead atoms. The molecule has 0 unspecified atom stereocenters. The highest BCUT2D eigenvalue weighted by molar-refractivity contribution is 5.87. The van der Waals surface area contributed by atoms with Crippen LogP contribution < -0.4 is 5.73 Å². The van der Waals surface area contributed by atoms with Crippen LogP contribution in [0, 0.1) is 0 Å². The highest BCUT2D eigenvalue weighted by atomic mass is 16.4. The minimum atomic E-state index is -0.994. The molecule has 0 fully saturated rings. The molecule has 4 nitrogen and oxygen atoms in total. The normalized spacial score (nSPS) is 32.0. The van der Waals surface area contributed by atoms with Gasteiger partial charge in [0.2, 0.25) is 0 Å². The smallest absolute Gasteiger partial charge is 0.331 e. The van der Waals surface area contributed by atoms with Gasteiger partial charge in [-0.25, -0.2) is 4.79 Å². The van der Waals surface area contributed by atoms with E-state index in [1.165, 1.54) is 6.08 Å². The number of rotatable bonds is 1. The molecule has 1 aliphatic rings. The molecular weight excluding hydrogens is 134 g/mol. The lowest BCUT2D eigenvalue weighted by molar-refractivity contribution is -0.132. The molecule has 0 saturated carbocycles. The third kappa shape index (κ3) is 1.17. The van der Waals surface area contributed by atoms with Gasteiger partial charge in [-0.3, -0.25) is 0 Å². The highest BCUT2D eigenvalue weighted by Gasteiger charge is 2.25. The van der Waals surface area contributed by atoms with Crippen LogP contribution in [0.3, 0.4) is 0 Å². The zero-order chi connectivity index (χ0) is 7.72. The summed E-state index contributed by atoms with van der Waals surface area (Å²) < 4.78 is 0. The number of aliphatic hydroxyl groups is 1. The molecule has 0 heterocycles. The van der Waals surface area contributed by atoms with Crippen LogP contribution >= 0.6 is 0 Å². The Balaban J connectivity index is 2.67. The standard InChI is InChI=1S/C6H9NO3/c7-4-1-3(6(9)10)2-5(4)8/h2,4-5,8H,1,7H2,(H,9,10)/t4-,5+/m1/s1. The van der Waals surface area contributed by atoms with E-state index in [4.69, 9.17) is 15.9 Å². The van der Waals surface area contributed by atoms with E-state index in [9.17, 15) is 4.79 Å². The molecule has 10 heavy (non-hydrogen) atoms. The van der Waals surface area contributed by atoms with Crippen molar-refractivity contribution in [1.29, 1.82) is 0 Å². The topological polar surface area (TPSA) is 83.6 Å². The van der Waals surface area contributed by atoms with Gasteiger partial charge >= 0.3 is 5.97 Å². The Morgan fingerprint density at radius 1 is 1.80 bits per heavy atom. The summed E-state index contributed by atoms with van der Waals surface area (Å²) in [5.74, 6) is -0.994. The Bertz CT molecular complexity index is 187. The molecule has 4 N–H and O–H groups in total. The third-order valence-electron chi connectivity index (χ3n) is 1.54. The molecule has 1 aliphatic carbocycles. The number of nitrogens with two attached hydrogens (primary N) is 1. The van der Waals surface area contributed by atoms with E-state index in [1.807, 2.05) is 0 Å². The molecule has 1 rings (SSSR count). The summed E-state index contributed by atoms with van der Waals surface area (Å²) in [7, 11) is 0. The predicted molar refractivity (Wildman–Crippen MR) is 34.3 cm³/mol. The maximum absolute atomic E-state index is 10.3. The van der Waals surface area contributed by atoms with Gasteiger partial charge in [0.1, 0.15) is 0 Å². The van der Waals surface area contributed by atoms with E-state index in [2.05, 4.69) is 0 Å². The fourth-order valence-electron chi connectivity index (χ4n) is 0.931. The lowest BCUT2D eigenvalue weighted by Crippen LogP contribution is -2.29. The Hall–Kier alpha value is -0.870. The second kappa shape index (κ2) is 2.40. The quantitative estimate of drug-likeness (QED) is 0.443. The second-order valence-corrected chi connectivity index (χ2v) is 2.36. The number of hydrogen-bond donors (Lipinski definition) is 3. The van der Waals surface area contributed by atoms with Gasteiger partial charge in [-0.1, -0.05) is 0 Å². The van der Waals surface area contributed by atoms with Crippen LogP contribution in [0.5, 0.6) is 0 Å². The van der Waals surface area contributed by atoms with Crippen LogP contribution in [-0.4, -0.2) is 28.3 Å². The number of carbonyl (C=O) groups is 1. The fourth-order valence-corrected chi connectivity index (χ4v) is 0.931. The van der Waals surface area contributed by atoms with E-state index in [-0.39, 0.29) is 12.0 Å². The third-order valence-corrected chi connectivity index (χ3v) is 1.54. The zero-order valence-electron chi connectivity index (χ0n) is 5.32. The van der Waals surface area contributed by atoms with Gasteiger partial charge in [0.15, 0.2) is 0 Å². The summed E-state index contributed by atoms with van der Waals surface area (Å²) in [6.45, 7) is 0. The summed E-state index contributed by atoms with van der Waals surface area (Å²) in [6.07, 6.45) is 0.759. The van der Waals surface area contributed by atoms with Crippen LogP contribution in [0.4, 0.5) is 0 Å². The zero-order valence-corrected chi connectivity index (χ0v) is 5.32. The monoisotopic (exact) mass is 143 g/mol. The molecule has 56 valence electrons. The Morgan fingerprint density at radius 2 is 2.40 bits per heavy atom. The van der Waals surface area contributed by atoms with Crippen LogP contribution in [0.2, 0.25) is 0 Å². The van der Waals surface area contributed by atoms with E-state index in [0.29, 0.717) is 0 Å². The molecule has 0 spiro atoms. The first-order valence-electron chi connectivity index (χ1n) is 2.99. The van der Waals surface area contributed by atoms with Crippen LogP contribution in [0.25, 0.3) is 0 Å². The van der Waals surface area contributed by atoms with Crippen molar-refractivity contribution in [1.82, 2.24) is 0 Å². The van der Waals surface area contributed by atoms with Gasteiger partial charge < -0.3 is 15.9 Å². The highest BCUT2D eigenvalue weighted by Crippen LogP contribution is 2.17. The number of carboxylic acid groups (broad SMARTS) is 1. The minimum absolute atomic E-state index is 0.208. The van der Waals surface area contributed by atoms with Crippen molar-refractivity contribution >= 4 is 5.97 Å². The lowest BCUT2D eigenvalue weighted by atomic mass is 10.2. The molecule has 2 atom stereocenters. The SMILES string of the molecule is N[C@@H]1CC(C(=O)O)=C[C@@H]1O. The van der Waals surface area contributed by atoms with Gasteiger partial charge in [0.05, 0.1) is 6.10 Å². The van der Waals surface area contributed by atoms with Crippen molar-refractivity contribution in [3.05, 3.63) is 11.6 Å². The molecule has 0 radical (unpaired) electrons. The van der Waals surface area contributed by atoms with Crippen LogP contribution in [-0.2, 0) is 4.79 Å². The molecular formula is C6H9NO3. The van der Waals surface area contributed by atoms with E-state index in [1.54, 1.807) is 0 Å². The minimum Gasteiger partial charge on any atom is -0.478 e. The van der Waals surface area contributed by atoms with Gasteiger partial charge in [0.25, 0.3) is 0 Å². The molecule has 0 aromatic carbocycles. The average Bonchev–Trinajstić information content (AvgIpc) is 2.13. The number of aliphatic hydroxyl groups excluding tert-OH is 1. The van der Waals surface area contributed by atoms with E-state index < -0.39 is 18.1 Å². The summed E-state index contributed by atoms with van der Waals surface area (Å²) in [4.78, 5) is 10.3. The van der Waals surface area contributed by atoms with Crippen LogP contribution in [0.1, 0.15) is 6.42 Å². The van der Waals surface area contributed by atoms with Crippen molar-refractivity contribution in [2.45, 2.75) is 18.6 Å². The van der Waals surface area contributed by atoms with Crippen LogP contribution in [0.15, 0.2) is 11.6 Å². The Labute approximate surface area is 58.0 Å². The summed E-state index contributed by atoms with van der Waals surface area (Å²) in [5.41, 5.74) is 5.55. The van der Waals surface area contributed by atoms with Crippen molar-refractivity contribution in [2.75, 3.05) is 0 Å². The summed E-state index contributed by atoms with van der Waals surface area (Å²) in [5, 5.41) is 17.4. The van der Waals surface area contributed by atoms with Crippen molar-refractivity contribution in [3.63, 3.8) is 0 Å². The first kappa shape index (κ1) is 7.24. The van der Waals surface area contributed by atoms with Gasteiger partial charge in [0, 0.05) is 11.6 Å². The molecule has 0 aromatic heterocycles. The maximum Gasteiger partial charge on any atom is 0.331 e. The summed E-state index contributed by atoms with van der Waals surface area (Å²) >= 11 is 0. The average molecular weight is 143 g/mol. The first-order chi connectivity index (χ1) is 4.61. The molecule has 4 heteroatoms. The number of carboxylic acids is 1. The fraction of sp³-hybridized carbons (Fsp3) is 0.500. The molecule has 0 amide bonds. The van der Waals surface area contributed by atoms with Gasteiger partial charge in [-0.2, -0.15) is 0 Å². The van der Waals surface area contributed by atoms with E-state index in [0.717, 1.165) is 0 Å². The largest absolute Gasteiger partial charge is 0.478 e. The van der Waals surface area contributed by atoms with Gasteiger partial charge in [-0.05, 0) is 12.5 Å². The van der Waals surface area contributed by atoms with Crippen molar-refractivity contribution < 1.29 is 15.0 Å². The Morgan fingerprint density at radius 3 is 2.60 bits per heavy atom. The van der Waals surface area contributed by atoms with Crippen molar-refractivity contribution in [3.8, 4) is 0 Å². The second-order valence-electron chi connectivity index (χ2n) is 2.36. The van der Waals surface area contributed by atoms with E-state index >= 15 is 0 Å². The van der Waals surface area contributed by atoms with Crippen molar-refractivity contribution in [2.24, 2.45) is 5.73 Å². The maximum atomic E-state index is 10.3. The summed E-state index contributed by atoms with van der Waals surface area (Å²) in [6, 6.07) is -0.439. The number of aliphatic carboxylic acids is 1. The van der Waals surface area contributed by atoms with Gasteiger partial charge in [-0.15, -0.1) is 0 Å². The Kier molecular flexibility index (Phi) is 1.74. The first-order valence-corrected chi connectivity index (χ1v) is 2.99. The predicted octanol–water partition coefficient (Wildman–Crippen LogP) is -0.911. The molecule has 0 aliphatic heterocycles.